The molecule has 0 atom stereocenters. The summed E-state index contributed by atoms with van der Waals surface area (Å²) in [6.07, 6.45) is 0. The Balaban J connectivity index is 2.66. The van der Waals surface area contributed by atoms with Gasteiger partial charge >= 0.3 is 5.97 Å². The molecule has 1 heterocycles. The molecule has 0 bridgehead atoms. The summed E-state index contributed by atoms with van der Waals surface area (Å²) in [5.41, 5.74) is -0.102. The zero-order valence-electron chi connectivity index (χ0n) is 9.07. The number of phenolic OH excluding ortho intramolecular Hbond substituents is 1. The highest BCUT2D eigenvalue weighted by atomic mass is 79.9. The molecule has 0 unspecified atom stereocenters. The van der Waals surface area contributed by atoms with Crippen LogP contribution in [-0.2, 0) is 0 Å². The van der Waals surface area contributed by atoms with Crippen LogP contribution >= 0.6 is 15.9 Å². The molecule has 5 nitrogen and oxygen atoms in total. The second kappa shape index (κ2) is 4.41. The van der Waals surface area contributed by atoms with E-state index in [1.54, 1.807) is 0 Å². The first-order chi connectivity index (χ1) is 8.41. The third-order valence-electron chi connectivity index (χ3n) is 2.43. The number of phenols is 1. The number of nitrogens with zero attached hydrogens (tertiary/aromatic N) is 1. The Bertz CT molecular complexity index is 612. The van der Waals surface area contributed by atoms with Crippen molar-refractivity contribution in [2.45, 2.75) is 6.92 Å². The molecule has 2 aromatic rings. The second-order valence-electron chi connectivity index (χ2n) is 3.57. The molecular formula is C11H7BrFNO4. The number of aromatic carboxylic acids is 1. The van der Waals surface area contributed by atoms with E-state index in [9.17, 15) is 14.3 Å². The van der Waals surface area contributed by atoms with Gasteiger partial charge in [0.1, 0.15) is 11.6 Å². The standard InChI is InChI=1S/C11H7BrFNO4/c1-4-6(13)2-5(12)10(15)9(4)8-3-7(11(16)17)14-18-8/h2-3,15H,1H3,(H,16,17). The highest BCUT2D eigenvalue weighted by Gasteiger charge is 2.20. The molecule has 2 N–H and O–H groups in total. The topological polar surface area (TPSA) is 83.6 Å². The van der Waals surface area contributed by atoms with Gasteiger partial charge in [0.25, 0.3) is 0 Å². The summed E-state index contributed by atoms with van der Waals surface area (Å²) in [6.45, 7) is 1.44. The van der Waals surface area contributed by atoms with Gasteiger partial charge in [-0.3, -0.25) is 0 Å². The summed E-state index contributed by atoms with van der Waals surface area (Å²) in [4.78, 5) is 10.7. The molecule has 1 aromatic heterocycles. The molecule has 7 heteroatoms. The summed E-state index contributed by atoms with van der Waals surface area (Å²) in [5.74, 6) is -2.06. The van der Waals surface area contributed by atoms with Gasteiger partial charge in [0.15, 0.2) is 11.5 Å². The maximum absolute atomic E-state index is 13.6. The first-order valence-electron chi connectivity index (χ1n) is 4.79. The van der Waals surface area contributed by atoms with Crippen LogP contribution in [0.4, 0.5) is 4.39 Å². The van der Waals surface area contributed by atoms with Crippen LogP contribution in [-0.4, -0.2) is 21.3 Å². The van der Waals surface area contributed by atoms with Crippen molar-refractivity contribution in [3.8, 4) is 17.1 Å². The van der Waals surface area contributed by atoms with Crippen LogP contribution in [0.3, 0.4) is 0 Å². The zero-order valence-corrected chi connectivity index (χ0v) is 10.7. The minimum Gasteiger partial charge on any atom is -0.506 e. The van der Waals surface area contributed by atoms with E-state index in [0.29, 0.717) is 0 Å². The Morgan fingerprint density at radius 2 is 2.17 bits per heavy atom. The van der Waals surface area contributed by atoms with Crippen molar-refractivity contribution in [2.75, 3.05) is 0 Å². The summed E-state index contributed by atoms with van der Waals surface area (Å²) in [7, 11) is 0. The van der Waals surface area contributed by atoms with Crippen LogP contribution in [0.15, 0.2) is 21.1 Å². The monoisotopic (exact) mass is 315 g/mol. The van der Waals surface area contributed by atoms with Crippen molar-refractivity contribution in [3.63, 3.8) is 0 Å². The molecule has 1 aromatic carbocycles. The van der Waals surface area contributed by atoms with Crippen molar-refractivity contribution >= 4 is 21.9 Å². The largest absolute Gasteiger partial charge is 0.506 e. The zero-order chi connectivity index (χ0) is 13.4. The van der Waals surface area contributed by atoms with Crippen LogP contribution in [0, 0.1) is 12.7 Å². The minimum absolute atomic E-state index is 0.0115. The molecule has 0 aliphatic carbocycles. The lowest BCUT2D eigenvalue weighted by atomic mass is 10.0. The van der Waals surface area contributed by atoms with Crippen molar-refractivity contribution < 1.29 is 23.9 Å². The first kappa shape index (κ1) is 12.6. The summed E-state index contributed by atoms with van der Waals surface area (Å²) in [6, 6.07) is 2.24. The maximum atomic E-state index is 13.6. The predicted octanol–water partition coefficient (Wildman–Crippen LogP) is 2.96. The number of hydrogen-bond acceptors (Lipinski definition) is 4. The van der Waals surface area contributed by atoms with Gasteiger partial charge in [-0.2, -0.15) is 0 Å². The van der Waals surface area contributed by atoms with Gasteiger partial charge < -0.3 is 14.7 Å². The minimum atomic E-state index is -1.27. The Labute approximate surface area is 109 Å². The molecule has 0 radical (unpaired) electrons. The maximum Gasteiger partial charge on any atom is 0.358 e. The van der Waals surface area contributed by atoms with Gasteiger partial charge in [-0.15, -0.1) is 0 Å². The van der Waals surface area contributed by atoms with E-state index >= 15 is 0 Å². The van der Waals surface area contributed by atoms with E-state index < -0.39 is 11.8 Å². The van der Waals surface area contributed by atoms with E-state index in [2.05, 4.69) is 21.1 Å². The molecule has 0 spiro atoms. The number of rotatable bonds is 2. The Kier molecular flexibility index (Phi) is 3.08. The number of carbonyl (C=O) groups is 1. The summed E-state index contributed by atoms with van der Waals surface area (Å²) >= 11 is 3.00. The summed E-state index contributed by atoms with van der Waals surface area (Å²) < 4.78 is 18.5. The average Bonchev–Trinajstić information content (AvgIpc) is 2.76. The van der Waals surface area contributed by atoms with Crippen molar-refractivity contribution in [3.05, 3.63) is 33.7 Å². The van der Waals surface area contributed by atoms with Gasteiger partial charge in [0.2, 0.25) is 0 Å². The van der Waals surface area contributed by atoms with E-state index in [1.807, 2.05) is 0 Å². The molecular weight excluding hydrogens is 309 g/mol. The number of benzene rings is 1. The van der Waals surface area contributed by atoms with Crippen molar-refractivity contribution in [2.24, 2.45) is 0 Å². The van der Waals surface area contributed by atoms with Crippen LogP contribution in [0.1, 0.15) is 16.1 Å². The number of carboxylic acid groups (broad SMARTS) is 1. The lowest BCUT2D eigenvalue weighted by molar-refractivity contribution is 0.0686. The fourth-order valence-corrected chi connectivity index (χ4v) is 1.90. The van der Waals surface area contributed by atoms with Gasteiger partial charge in [0, 0.05) is 6.07 Å². The fourth-order valence-electron chi connectivity index (χ4n) is 1.50. The molecule has 0 fully saturated rings. The molecule has 0 saturated heterocycles. The number of hydrogen-bond donors (Lipinski definition) is 2. The second-order valence-corrected chi connectivity index (χ2v) is 4.42. The quantitative estimate of drug-likeness (QED) is 0.890. The highest BCUT2D eigenvalue weighted by molar-refractivity contribution is 9.10. The van der Waals surface area contributed by atoms with E-state index in [0.717, 1.165) is 12.1 Å². The number of aromatic hydroxyl groups is 1. The molecule has 94 valence electrons. The molecule has 18 heavy (non-hydrogen) atoms. The van der Waals surface area contributed by atoms with Crippen LogP contribution in [0.5, 0.6) is 5.75 Å². The summed E-state index contributed by atoms with van der Waals surface area (Å²) in [5, 5.41) is 21.9. The third-order valence-corrected chi connectivity index (χ3v) is 3.03. The van der Waals surface area contributed by atoms with E-state index in [4.69, 9.17) is 9.63 Å². The Morgan fingerprint density at radius 3 is 2.72 bits per heavy atom. The van der Waals surface area contributed by atoms with Crippen molar-refractivity contribution in [1.82, 2.24) is 5.16 Å². The molecule has 0 aliphatic rings. The lowest BCUT2D eigenvalue weighted by Gasteiger charge is -2.07. The highest BCUT2D eigenvalue weighted by Crippen LogP contribution is 2.39. The molecule has 0 aliphatic heterocycles. The van der Waals surface area contributed by atoms with Gasteiger partial charge in [0.05, 0.1) is 10.0 Å². The van der Waals surface area contributed by atoms with Crippen molar-refractivity contribution in [1.29, 1.82) is 0 Å². The predicted molar refractivity (Wildman–Crippen MR) is 63.0 cm³/mol. The fraction of sp³-hybridized carbons (Fsp3) is 0.0909. The first-order valence-corrected chi connectivity index (χ1v) is 5.59. The van der Waals surface area contributed by atoms with Crippen LogP contribution < -0.4 is 0 Å². The molecule has 2 rings (SSSR count). The number of carboxylic acids is 1. The Hall–Kier alpha value is -1.89. The average molecular weight is 316 g/mol. The SMILES string of the molecule is Cc1c(F)cc(Br)c(O)c1-c1cc(C(=O)O)no1. The smallest absolute Gasteiger partial charge is 0.358 e. The third kappa shape index (κ3) is 1.97. The Morgan fingerprint density at radius 1 is 1.50 bits per heavy atom. The normalized spacial score (nSPS) is 10.6. The van der Waals surface area contributed by atoms with Gasteiger partial charge in [-0.1, -0.05) is 5.16 Å². The lowest BCUT2D eigenvalue weighted by Crippen LogP contribution is -1.94. The number of halogens is 2. The van der Waals surface area contributed by atoms with E-state index in [1.165, 1.54) is 6.92 Å². The van der Waals surface area contributed by atoms with Gasteiger partial charge in [-0.05, 0) is 34.5 Å². The number of aromatic nitrogens is 1. The molecule has 0 amide bonds. The van der Waals surface area contributed by atoms with E-state index in [-0.39, 0.29) is 32.8 Å². The van der Waals surface area contributed by atoms with Gasteiger partial charge in [-0.25, -0.2) is 9.18 Å². The van der Waals surface area contributed by atoms with Crippen LogP contribution in [0.2, 0.25) is 0 Å². The van der Waals surface area contributed by atoms with Crippen LogP contribution in [0.25, 0.3) is 11.3 Å². The molecule has 0 saturated carbocycles.